The van der Waals surface area contributed by atoms with Crippen LogP contribution in [0.5, 0.6) is 28.7 Å². The van der Waals surface area contributed by atoms with Gasteiger partial charge in [0.25, 0.3) is 0 Å². The summed E-state index contributed by atoms with van der Waals surface area (Å²) in [7, 11) is 2.37. The fraction of sp³-hybridized carbons (Fsp3) is 0.552. The minimum Gasteiger partial charge on any atom is -0.502 e. The van der Waals surface area contributed by atoms with Gasteiger partial charge in [0.05, 0.1) is 20.3 Å². The average Bonchev–Trinajstić information content (AvgIpc) is 3.45. The van der Waals surface area contributed by atoms with E-state index < -0.39 is 90.4 Å². The van der Waals surface area contributed by atoms with Gasteiger partial charge in [-0.1, -0.05) is 0 Å². The summed E-state index contributed by atoms with van der Waals surface area (Å²) in [5, 5.41) is 109. The number of carbonyl (C=O) groups is 1. The number of esters is 1. The zero-order chi connectivity index (χ0) is 35.6. The molecule has 49 heavy (non-hydrogen) atoms. The molecule has 10 atom stereocenters. The number of aliphatic hydroxyl groups is 9. The Bertz CT molecular complexity index is 1650. The summed E-state index contributed by atoms with van der Waals surface area (Å²) in [6.07, 6.45) is -15.9. The number of phenols is 1. The second-order valence-corrected chi connectivity index (χ2v) is 12.1. The smallest absolute Gasteiger partial charge is 0.502 e. The number of cyclic esters (lactones) is 1. The van der Waals surface area contributed by atoms with Crippen LogP contribution in [0.4, 0.5) is 0 Å². The second-order valence-electron chi connectivity index (χ2n) is 12.1. The first-order valence-electron chi connectivity index (χ1n) is 14.6. The van der Waals surface area contributed by atoms with Crippen LogP contribution < -0.4 is 18.9 Å². The van der Waals surface area contributed by atoms with E-state index in [-0.39, 0.29) is 39.7 Å². The predicted octanol–water partition coefficient (Wildman–Crippen LogP) is -3.64. The number of rotatable bonds is 5. The van der Waals surface area contributed by atoms with Gasteiger partial charge < -0.3 is 78.7 Å². The van der Waals surface area contributed by atoms with Gasteiger partial charge in [0.2, 0.25) is 5.75 Å². The van der Waals surface area contributed by atoms with Gasteiger partial charge >= 0.3 is 24.1 Å². The lowest BCUT2D eigenvalue weighted by Crippen LogP contribution is -2.70. The van der Waals surface area contributed by atoms with Gasteiger partial charge in [0, 0.05) is 0 Å². The third-order valence-electron chi connectivity index (χ3n) is 9.20. The van der Waals surface area contributed by atoms with Crippen LogP contribution in [0.3, 0.4) is 0 Å². The molecule has 268 valence electrons. The molecule has 7 rings (SSSR count). The summed E-state index contributed by atoms with van der Waals surface area (Å²) in [5.41, 5.74) is -3.54. The number of benzene rings is 2. The summed E-state index contributed by atoms with van der Waals surface area (Å²) in [6.45, 7) is 1.29. The first-order valence-corrected chi connectivity index (χ1v) is 14.6. The number of hydrogen-bond donors (Lipinski definition) is 10. The zero-order valence-corrected chi connectivity index (χ0v) is 25.6. The van der Waals surface area contributed by atoms with Gasteiger partial charge in [0.1, 0.15) is 35.7 Å². The van der Waals surface area contributed by atoms with Crippen molar-refractivity contribution in [3.8, 4) is 28.7 Å². The topological polar surface area (TPSA) is 302 Å². The Balaban J connectivity index is 1.42. The van der Waals surface area contributed by atoms with Crippen LogP contribution in [0.25, 0.3) is 0 Å². The van der Waals surface area contributed by atoms with Gasteiger partial charge in [0.15, 0.2) is 41.7 Å². The summed E-state index contributed by atoms with van der Waals surface area (Å²) in [6, 6.07) is 4.29. The molecule has 10 unspecified atom stereocenters. The van der Waals surface area contributed by atoms with Crippen molar-refractivity contribution in [1.29, 1.82) is 0 Å². The Morgan fingerprint density at radius 2 is 1.41 bits per heavy atom. The number of carbonyl (C=O) groups excluding carboxylic acids is 1. The predicted molar refractivity (Wildman–Crippen MR) is 146 cm³/mol. The molecule has 3 fully saturated rings. The fourth-order valence-electron chi connectivity index (χ4n) is 7.13. The maximum absolute atomic E-state index is 13.6. The minimum absolute atomic E-state index is 0.246. The molecule has 0 spiro atoms. The maximum Gasteiger partial charge on any atom is 0.505 e. The number of methoxy groups -OCH3 is 2. The van der Waals surface area contributed by atoms with Crippen molar-refractivity contribution in [2.45, 2.75) is 73.7 Å². The Kier molecular flexibility index (Phi) is 7.56. The molecule has 10 N–H and O–H groups in total. The van der Waals surface area contributed by atoms with E-state index in [4.69, 9.17) is 42.6 Å². The van der Waals surface area contributed by atoms with Gasteiger partial charge in [-0.2, -0.15) is 0 Å². The molecule has 3 saturated heterocycles. The SMILES string of the molecule is COc1cc(C2(O)c3cc4c(cc3C(OC3OC5C(OC(C)OC5(O)O)C(O)C3O)C3C2C(=O)OC3(O)O)OC(O)(O)O4)cc(OC)c1O. The molecular formula is C29H32O20. The van der Waals surface area contributed by atoms with E-state index in [0.717, 1.165) is 24.3 Å². The van der Waals surface area contributed by atoms with Crippen molar-refractivity contribution in [1.82, 2.24) is 0 Å². The van der Waals surface area contributed by atoms with E-state index in [1.54, 1.807) is 0 Å². The normalized spacial score (nSPS) is 37.8. The Labute approximate surface area is 274 Å². The van der Waals surface area contributed by atoms with Crippen molar-refractivity contribution >= 4 is 5.97 Å². The third-order valence-corrected chi connectivity index (χ3v) is 9.20. The van der Waals surface area contributed by atoms with E-state index in [1.165, 1.54) is 21.1 Å². The minimum atomic E-state index is -3.43. The number of aromatic hydroxyl groups is 1. The fourth-order valence-corrected chi connectivity index (χ4v) is 7.13. The number of fused-ring (bicyclic) bond motifs is 4. The lowest BCUT2D eigenvalue weighted by Gasteiger charge is -2.51. The molecule has 1 aliphatic carbocycles. The molecule has 2 aromatic carbocycles. The van der Waals surface area contributed by atoms with Crippen LogP contribution in [0.1, 0.15) is 29.7 Å². The molecule has 0 saturated carbocycles. The van der Waals surface area contributed by atoms with Crippen LogP contribution in [-0.4, -0.2) is 126 Å². The van der Waals surface area contributed by atoms with Crippen molar-refractivity contribution in [3.05, 3.63) is 41.0 Å². The van der Waals surface area contributed by atoms with Crippen molar-refractivity contribution in [2.24, 2.45) is 11.8 Å². The summed E-state index contributed by atoms with van der Waals surface area (Å²) in [5.74, 6) is -13.7. The van der Waals surface area contributed by atoms with Gasteiger partial charge in [-0.3, -0.25) is 19.7 Å². The maximum atomic E-state index is 13.6. The van der Waals surface area contributed by atoms with E-state index in [2.05, 4.69) is 0 Å². The molecule has 20 nitrogen and oxygen atoms in total. The summed E-state index contributed by atoms with van der Waals surface area (Å²) in [4.78, 5) is 13.6. The van der Waals surface area contributed by atoms with E-state index >= 15 is 0 Å². The molecule has 20 heteroatoms. The first kappa shape index (κ1) is 33.9. The number of hydrogen-bond acceptors (Lipinski definition) is 20. The highest BCUT2D eigenvalue weighted by atomic mass is 17.0. The highest BCUT2D eigenvalue weighted by molar-refractivity contribution is 5.80. The van der Waals surface area contributed by atoms with Gasteiger partial charge in [-0.15, -0.1) is 0 Å². The molecule has 2 aromatic rings. The van der Waals surface area contributed by atoms with E-state index in [0.29, 0.717) is 0 Å². The largest absolute Gasteiger partial charge is 0.505 e. The van der Waals surface area contributed by atoms with Crippen molar-refractivity contribution < 1.29 is 98.5 Å². The molecule has 0 bridgehead atoms. The number of aliphatic hydroxyl groups excluding tert-OH is 2. The van der Waals surface area contributed by atoms with Crippen LogP contribution in [-0.2, 0) is 34.1 Å². The lowest BCUT2D eigenvalue weighted by atomic mass is 9.62. The molecule has 4 aliphatic heterocycles. The summed E-state index contributed by atoms with van der Waals surface area (Å²) < 4.78 is 47.4. The second kappa shape index (κ2) is 10.9. The monoisotopic (exact) mass is 700 g/mol. The Hall–Kier alpha value is -3.61. The van der Waals surface area contributed by atoms with Crippen molar-refractivity contribution in [2.75, 3.05) is 14.2 Å². The van der Waals surface area contributed by atoms with Crippen molar-refractivity contribution in [3.63, 3.8) is 0 Å². The first-order chi connectivity index (χ1) is 22.8. The third kappa shape index (κ3) is 4.99. The standard InChI is InChI=1S/C29H32O20/c1-8-43-22-19(31)20(32)25(45-23(22)28(37,38)46-8)44-21-10-6-12-13(48-29(39,40)47-12)7-11(10)26(34,17-16(21)27(35,36)49-24(17)33)9-4-14(41-2)18(30)15(5-9)42-3/h4-8,16-17,19-23,25,30-32,34-40H,1-3H3. The number of phenolic OH excluding ortho intramolecular Hbond substituents is 1. The molecule has 5 aliphatic rings. The van der Waals surface area contributed by atoms with Crippen LogP contribution in [0.15, 0.2) is 24.3 Å². The molecular weight excluding hydrogens is 668 g/mol. The molecule has 4 heterocycles. The van der Waals surface area contributed by atoms with Gasteiger partial charge in [-0.25, -0.2) is 0 Å². The highest BCUT2D eigenvalue weighted by Gasteiger charge is 2.70. The number of ether oxygens (including phenoxy) is 9. The summed E-state index contributed by atoms with van der Waals surface area (Å²) >= 11 is 0. The quantitative estimate of drug-likeness (QED) is 0.106. The van der Waals surface area contributed by atoms with E-state index in [1.807, 2.05) is 0 Å². The highest BCUT2D eigenvalue weighted by Crippen LogP contribution is 2.62. The van der Waals surface area contributed by atoms with E-state index in [9.17, 15) is 55.9 Å². The van der Waals surface area contributed by atoms with Crippen LogP contribution in [0, 0.1) is 11.8 Å². The van der Waals surface area contributed by atoms with Crippen LogP contribution in [0.2, 0.25) is 0 Å². The Morgan fingerprint density at radius 1 is 0.796 bits per heavy atom. The average molecular weight is 701 g/mol. The zero-order valence-electron chi connectivity index (χ0n) is 25.6. The molecule has 0 radical (unpaired) electrons. The van der Waals surface area contributed by atoms with Gasteiger partial charge in [-0.05, 0) is 47.9 Å². The lowest BCUT2D eigenvalue weighted by molar-refractivity contribution is -0.498. The molecule has 0 amide bonds. The Morgan fingerprint density at radius 3 is 2.02 bits per heavy atom. The molecule has 0 aromatic heterocycles. The van der Waals surface area contributed by atoms with Crippen LogP contribution >= 0.6 is 0 Å².